The molecule has 0 bridgehead atoms. The van der Waals surface area contributed by atoms with Crippen LogP contribution in [0.15, 0.2) is 36.4 Å². The van der Waals surface area contributed by atoms with Gasteiger partial charge in [0.05, 0.1) is 11.9 Å². The number of benzene rings is 2. The molecular weight excluding hydrogens is 396 g/mol. The zero-order valence-electron chi connectivity index (χ0n) is 19.0. The highest BCUT2D eigenvalue weighted by molar-refractivity contribution is 7.92. The zero-order chi connectivity index (χ0) is 22.5. The summed E-state index contributed by atoms with van der Waals surface area (Å²) in [5.74, 6) is -0.287. The summed E-state index contributed by atoms with van der Waals surface area (Å²) in [4.78, 5) is 13.1. The van der Waals surface area contributed by atoms with E-state index in [1.807, 2.05) is 32.9 Å². The number of hydrogen-bond donors (Lipinski definition) is 1. The van der Waals surface area contributed by atoms with Crippen molar-refractivity contribution in [1.29, 1.82) is 0 Å². The zero-order valence-corrected chi connectivity index (χ0v) is 19.8. The molecule has 5 nitrogen and oxygen atoms in total. The average molecular weight is 431 g/mol. The smallest absolute Gasteiger partial charge is 0.244 e. The predicted molar refractivity (Wildman–Crippen MR) is 124 cm³/mol. The van der Waals surface area contributed by atoms with Crippen molar-refractivity contribution in [1.82, 2.24) is 5.32 Å². The van der Waals surface area contributed by atoms with E-state index in [2.05, 4.69) is 37.4 Å². The second kappa shape index (κ2) is 10.1. The highest BCUT2D eigenvalue weighted by atomic mass is 32.2. The molecule has 1 atom stereocenters. The molecule has 0 spiro atoms. The van der Waals surface area contributed by atoms with Crippen molar-refractivity contribution in [3.8, 4) is 0 Å². The third-order valence-electron chi connectivity index (χ3n) is 5.59. The molecule has 0 saturated heterocycles. The molecule has 0 aliphatic carbocycles. The van der Waals surface area contributed by atoms with Crippen LogP contribution in [0.2, 0.25) is 0 Å². The van der Waals surface area contributed by atoms with Crippen molar-refractivity contribution >= 4 is 21.6 Å². The number of sulfonamides is 1. The predicted octanol–water partition coefficient (Wildman–Crippen LogP) is 4.29. The first-order valence-corrected chi connectivity index (χ1v) is 12.4. The van der Waals surface area contributed by atoms with Crippen molar-refractivity contribution in [2.75, 3.05) is 10.6 Å². The Labute approximate surface area is 181 Å². The summed E-state index contributed by atoms with van der Waals surface area (Å²) in [6, 6.07) is 11.0. The molecule has 164 valence electrons. The van der Waals surface area contributed by atoms with Crippen LogP contribution in [0.4, 0.5) is 5.69 Å². The molecule has 0 saturated carbocycles. The minimum absolute atomic E-state index is 0.287. The van der Waals surface area contributed by atoms with Gasteiger partial charge in [-0.3, -0.25) is 9.10 Å². The molecule has 1 amide bonds. The molecule has 1 unspecified atom stereocenters. The van der Waals surface area contributed by atoms with E-state index in [1.165, 1.54) is 15.4 Å². The quantitative estimate of drug-likeness (QED) is 0.645. The summed E-state index contributed by atoms with van der Waals surface area (Å²) in [5, 5.41) is 2.98. The van der Waals surface area contributed by atoms with Gasteiger partial charge in [0, 0.05) is 6.54 Å². The molecule has 0 aliphatic heterocycles. The van der Waals surface area contributed by atoms with Gasteiger partial charge in [0.25, 0.3) is 0 Å². The van der Waals surface area contributed by atoms with E-state index in [0.717, 1.165) is 35.8 Å². The van der Waals surface area contributed by atoms with Crippen LogP contribution in [0.1, 0.15) is 55.0 Å². The van der Waals surface area contributed by atoms with Gasteiger partial charge >= 0.3 is 0 Å². The molecule has 0 fully saturated rings. The van der Waals surface area contributed by atoms with E-state index < -0.39 is 16.1 Å². The van der Waals surface area contributed by atoms with Crippen LogP contribution in [-0.4, -0.2) is 26.6 Å². The van der Waals surface area contributed by atoms with Crippen LogP contribution < -0.4 is 9.62 Å². The molecule has 0 aliphatic rings. The number of hydrogen-bond acceptors (Lipinski definition) is 3. The number of aryl methyl sites for hydroxylation is 4. The van der Waals surface area contributed by atoms with Crippen molar-refractivity contribution < 1.29 is 13.2 Å². The van der Waals surface area contributed by atoms with Gasteiger partial charge in [0.1, 0.15) is 6.04 Å². The summed E-state index contributed by atoms with van der Waals surface area (Å²) in [5.41, 5.74) is 6.07. The van der Waals surface area contributed by atoms with Crippen LogP contribution in [0.5, 0.6) is 0 Å². The second-order valence-electron chi connectivity index (χ2n) is 7.78. The van der Waals surface area contributed by atoms with E-state index in [4.69, 9.17) is 0 Å². The Kier molecular flexibility index (Phi) is 8.07. The second-order valence-corrected chi connectivity index (χ2v) is 9.64. The fourth-order valence-corrected chi connectivity index (χ4v) is 4.84. The van der Waals surface area contributed by atoms with Crippen LogP contribution in [0.3, 0.4) is 0 Å². The van der Waals surface area contributed by atoms with Gasteiger partial charge in [-0.05, 0) is 73.1 Å². The molecule has 30 heavy (non-hydrogen) atoms. The van der Waals surface area contributed by atoms with Crippen LogP contribution in [0, 0.1) is 13.8 Å². The number of amides is 1. The van der Waals surface area contributed by atoms with Crippen LogP contribution >= 0.6 is 0 Å². The molecule has 0 heterocycles. The van der Waals surface area contributed by atoms with Gasteiger partial charge in [0.2, 0.25) is 15.9 Å². The Balaban J connectivity index is 2.31. The first-order chi connectivity index (χ1) is 14.1. The molecule has 2 aromatic rings. The summed E-state index contributed by atoms with van der Waals surface area (Å²) in [6.45, 7) is 10.3. The third kappa shape index (κ3) is 5.63. The topological polar surface area (TPSA) is 66.5 Å². The number of anilines is 1. The third-order valence-corrected chi connectivity index (χ3v) is 6.77. The number of carbonyl (C=O) groups is 1. The van der Waals surface area contributed by atoms with Crippen molar-refractivity contribution in [3.05, 3.63) is 64.2 Å². The maximum atomic E-state index is 13.1. The van der Waals surface area contributed by atoms with Crippen LogP contribution in [0.25, 0.3) is 0 Å². The normalized spacial score (nSPS) is 12.5. The summed E-state index contributed by atoms with van der Waals surface area (Å²) in [7, 11) is -3.64. The van der Waals surface area contributed by atoms with E-state index in [9.17, 15) is 13.2 Å². The number of carbonyl (C=O) groups excluding carboxylic acids is 1. The summed E-state index contributed by atoms with van der Waals surface area (Å²) < 4.78 is 26.5. The molecular formula is C24H34N2O3S. The lowest BCUT2D eigenvalue weighted by atomic mass is 10.0. The lowest BCUT2D eigenvalue weighted by Gasteiger charge is -2.30. The van der Waals surface area contributed by atoms with E-state index in [0.29, 0.717) is 18.7 Å². The van der Waals surface area contributed by atoms with E-state index in [1.54, 1.807) is 6.07 Å². The first kappa shape index (κ1) is 23.9. The number of rotatable bonds is 9. The summed E-state index contributed by atoms with van der Waals surface area (Å²) in [6.07, 6.45) is 3.33. The Bertz CT molecular complexity index is 1000. The molecule has 1 N–H and O–H groups in total. The number of nitrogens with zero attached hydrogens (tertiary/aromatic N) is 1. The molecule has 0 aromatic heterocycles. The fourth-order valence-electron chi connectivity index (χ4n) is 3.63. The number of nitrogens with one attached hydrogen (secondary N) is 1. The lowest BCUT2D eigenvalue weighted by molar-refractivity contribution is -0.122. The van der Waals surface area contributed by atoms with Gasteiger partial charge in [-0.25, -0.2) is 8.42 Å². The van der Waals surface area contributed by atoms with Gasteiger partial charge in [-0.1, -0.05) is 45.0 Å². The van der Waals surface area contributed by atoms with Crippen molar-refractivity contribution in [2.45, 2.75) is 66.5 Å². The molecule has 2 rings (SSSR count). The monoisotopic (exact) mass is 430 g/mol. The lowest BCUT2D eigenvalue weighted by Crippen LogP contribution is -2.49. The van der Waals surface area contributed by atoms with Crippen LogP contribution in [-0.2, 0) is 34.2 Å². The van der Waals surface area contributed by atoms with Gasteiger partial charge in [0.15, 0.2) is 0 Å². The summed E-state index contributed by atoms with van der Waals surface area (Å²) >= 11 is 0. The SMILES string of the molecule is CCc1ccc(CC)c(CNC(=O)C(CC)N(c2ccc(C)c(C)c2)S(C)(=O)=O)c1. The van der Waals surface area contributed by atoms with Crippen molar-refractivity contribution in [2.24, 2.45) is 0 Å². The molecule has 6 heteroatoms. The minimum Gasteiger partial charge on any atom is -0.350 e. The van der Waals surface area contributed by atoms with Gasteiger partial charge in [-0.2, -0.15) is 0 Å². The van der Waals surface area contributed by atoms with Crippen molar-refractivity contribution in [3.63, 3.8) is 0 Å². The maximum Gasteiger partial charge on any atom is 0.244 e. The Morgan fingerprint density at radius 1 is 0.967 bits per heavy atom. The van der Waals surface area contributed by atoms with E-state index in [-0.39, 0.29) is 5.91 Å². The highest BCUT2D eigenvalue weighted by Gasteiger charge is 2.31. The fraction of sp³-hybridized carbons (Fsp3) is 0.458. The molecule has 2 aromatic carbocycles. The minimum atomic E-state index is -3.64. The highest BCUT2D eigenvalue weighted by Crippen LogP contribution is 2.25. The first-order valence-electron chi connectivity index (χ1n) is 10.6. The van der Waals surface area contributed by atoms with Gasteiger partial charge in [-0.15, -0.1) is 0 Å². The standard InChI is InChI=1S/C24H34N2O3S/c1-7-19-11-12-20(8-2)21(15-19)16-25-24(27)23(9-3)26(30(6,28)29)22-13-10-17(4)18(5)14-22/h10-15,23H,7-9,16H2,1-6H3,(H,25,27). The Morgan fingerprint density at radius 2 is 1.67 bits per heavy atom. The Morgan fingerprint density at radius 3 is 2.20 bits per heavy atom. The average Bonchev–Trinajstić information content (AvgIpc) is 2.71. The van der Waals surface area contributed by atoms with Gasteiger partial charge < -0.3 is 5.32 Å². The largest absolute Gasteiger partial charge is 0.350 e. The Hall–Kier alpha value is -2.34. The van der Waals surface area contributed by atoms with E-state index >= 15 is 0 Å². The molecule has 0 radical (unpaired) electrons. The maximum absolute atomic E-state index is 13.1.